The first-order valence-corrected chi connectivity index (χ1v) is 4.54. The van der Waals surface area contributed by atoms with Gasteiger partial charge in [0.25, 0.3) is 0 Å². The molecule has 1 aliphatic rings. The second-order valence-corrected chi connectivity index (χ2v) is 3.22. The second kappa shape index (κ2) is 4.99. The molecule has 74 valence electrons. The first-order valence-electron chi connectivity index (χ1n) is 4.54. The molecule has 0 aromatic heterocycles. The molecule has 3 N–H and O–H groups in total. The largest absolute Gasteiger partial charge is 0.393 e. The highest BCUT2D eigenvalue weighted by molar-refractivity contribution is 5.81. The summed E-state index contributed by atoms with van der Waals surface area (Å²) < 4.78 is 0. The lowest BCUT2D eigenvalue weighted by atomic mass is 10.0. The van der Waals surface area contributed by atoms with Crippen molar-refractivity contribution < 1.29 is 9.90 Å². The molecule has 1 rings (SSSR count). The average Bonchev–Trinajstić information content (AvgIpc) is 2.14. The Hall–Kier alpha value is -0.870. The van der Waals surface area contributed by atoms with Gasteiger partial charge >= 0.3 is 0 Å². The molecule has 1 saturated heterocycles. The monoisotopic (exact) mass is 184 g/mol. The van der Waals surface area contributed by atoms with E-state index in [-0.39, 0.29) is 18.1 Å². The predicted molar refractivity (Wildman–Crippen MR) is 50.2 cm³/mol. The van der Waals surface area contributed by atoms with E-state index in [1.807, 2.05) is 0 Å². The van der Waals surface area contributed by atoms with E-state index >= 15 is 0 Å². The summed E-state index contributed by atoms with van der Waals surface area (Å²) in [6, 6.07) is -0.247. The van der Waals surface area contributed by atoms with Gasteiger partial charge in [-0.2, -0.15) is 0 Å². The van der Waals surface area contributed by atoms with Crippen LogP contribution < -0.4 is 10.6 Å². The number of hydrogen-bond acceptors (Lipinski definition) is 3. The number of rotatable bonds is 3. The highest BCUT2D eigenvalue weighted by Gasteiger charge is 2.24. The number of carbonyl (C=O) groups is 1. The highest BCUT2D eigenvalue weighted by atomic mass is 16.3. The summed E-state index contributed by atoms with van der Waals surface area (Å²) in [6.07, 6.45) is 2.52. The minimum Gasteiger partial charge on any atom is -0.393 e. The van der Waals surface area contributed by atoms with E-state index < -0.39 is 0 Å². The van der Waals surface area contributed by atoms with Gasteiger partial charge in [0, 0.05) is 6.54 Å². The maximum absolute atomic E-state index is 11.4. The van der Waals surface area contributed by atoms with Gasteiger partial charge in [0.2, 0.25) is 5.91 Å². The maximum atomic E-state index is 11.4. The molecule has 0 unspecified atom stereocenters. The van der Waals surface area contributed by atoms with Crippen LogP contribution in [0.15, 0.2) is 12.7 Å². The van der Waals surface area contributed by atoms with Crippen molar-refractivity contribution in [2.75, 3.05) is 13.1 Å². The average molecular weight is 184 g/mol. The third-order valence-corrected chi connectivity index (χ3v) is 2.11. The third kappa shape index (κ3) is 3.16. The van der Waals surface area contributed by atoms with Gasteiger partial charge < -0.3 is 15.7 Å². The molecule has 1 aliphatic heterocycles. The fourth-order valence-corrected chi connectivity index (χ4v) is 1.39. The maximum Gasteiger partial charge on any atom is 0.237 e. The lowest BCUT2D eigenvalue weighted by Gasteiger charge is -2.26. The molecule has 1 fully saturated rings. The zero-order valence-electron chi connectivity index (χ0n) is 7.62. The Labute approximate surface area is 78.0 Å². The SMILES string of the molecule is C=CCNC(=O)[C@@H]1C[C@@H](O)CCN1. The fraction of sp³-hybridized carbons (Fsp3) is 0.667. The van der Waals surface area contributed by atoms with E-state index in [1.165, 1.54) is 0 Å². The number of aliphatic hydroxyl groups excluding tert-OH is 1. The molecule has 0 radical (unpaired) electrons. The zero-order chi connectivity index (χ0) is 9.68. The van der Waals surface area contributed by atoms with Crippen LogP contribution in [0.25, 0.3) is 0 Å². The van der Waals surface area contributed by atoms with Crippen LogP contribution in [0.1, 0.15) is 12.8 Å². The molecule has 0 aliphatic carbocycles. The van der Waals surface area contributed by atoms with Crippen LogP contribution in [0, 0.1) is 0 Å². The minimum atomic E-state index is -0.347. The van der Waals surface area contributed by atoms with E-state index in [9.17, 15) is 9.90 Å². The van der Waals surface area contributed by atoms with Gasteiger partial charge in [-0.3, -0.25) is 4.79 Å². The van der Waals surface area contributed by atoms with Crippen LogP contribution in [0.4, 0.5) is 0 Å². The number of aliphatic hydroxyl groups is 1. The van der Waals surface area contributed by atoms with Gasteiger partial charge in [0.1, 0.15) is 0 Å². The summed E-state index contributed by atoms with van der Waals surface area (Å²) in [6.45, 7) is 4.69. The van der Waals surface area contributed by atoms with Crippen molar-refractivity contribution >= 4 is 5.91 Å². The van der Waals surface area contributed by atoms with Crippen LogP contribution in [-0.2, 0) is 4.79 Å². The van der Waals surface area contributed by atoms with E-state index in [0.29, 0.717) is 19.5 Å². The Morgan fingerprint density at radius 2 is 2.54 bits per heavy atom. The van der Waals surface area contributed by atoms with Crippen molar-refractivity contribution in [2.45, 2.75) is 25.0 Å². The molecule has 0 saturated carbocycles. The number of amides is 1. The Bertz CT molecular complexity index is 194. The van der Waals surface area contributed by atoms with Crippen molar-refractivity contribution in [1.29, 1.82) is 0 Å². The lowest BCUT2D eigenvalue weighted by molar-refractivity contribution is -0.124. The van der Waals surface area contributed by atoms with E-state index in [0.717, 1.165) is 6.42 Å². The van der Waals surface area contributed by atoms with Crippen molar-refractivity contribution in [3.63, 3.8) is 0 Å². The number of hydrogen-bond donors (Lipinski definition) is 3. The molecule has 1 amide bonds. The Morgan fingerprint density at radius 1 is 1.77 bits per heavy atom. The predicted octanol–water partition coefficient (Wildman–Crippen LogP) is -0.599. The van der Waals surface area contributed by atoms with Crippen LogP contribution in [0.5, 0.6) is 0 Å². The summed E-state index contributed by atoms with van der Waals surface area (Å²) >= 11 is 0. The Morgan fingerprint density at radius 3 is 3.15 bits per heavy atom. The van der Waals surface area contributed by atoms with Crippen molar-refractivity contribution in [2.24, 2.45) is 0 Å². The van der Waals surface area contributed by atoms with Crippen molar-refractivity contribution in [3.05, 3.63) is 12.7 Å². The molecule has 1 heterocycles. The van der Waals surface area contributed by atoms with Gasteiger partial charge in [-0.25, -0.2) is 0 Å². The van der Waals surface area contributed by atoms with Gasteiger partial charge in [0.15, 0.2) is 0 Å². The first-order chi connectivity index (χ1) is 6.24. The number of piperidine rings is 1. The molecule has 0 aromatic rings. The second-order valence-electron chi connectivity index (χ2n) is 3.22. The third-order valence-electron chi connectivity index (χ3n) is 2.11. The molecule has 4 heteroatoms. The van der Waals surface area contributed by atoms with Crippen LogP contribution in [0.2, 0.25) is 0 Å². The highest BCUT2D eigenvalue weighted by Crippen LogP contribution is 2.07. The first kappa shape index (κ1) is 10.2. The standard InChI is InChI=1S/C9H16N2O2/c1-2-4-11-9(13)8-6-7(12)3-5-10-8/h2,7-8,10,12H,1,3-6H2,(H,11,13)/t7-,8-/m0/s1. The summed E-state index contributed by atoms with van der Waals surface area (Å²) in [5.41, 5.74) is 0. The van der Waals surface area contributed by atoms with E-state index in [4.69, 9.17) is 0 Å². The molecule has 0 bridgehead atoms. The van der Waals surface area contributed by atoms with Crippen LogP contribution in [-0.4, -0.2) is 36.2 Å². The van der Waals surface area contributed by atoms with E-state index in [1.54, 1.807) is 6.08 Å². The summed E-state index contributed by atoms with van der Waals surface area (Å²) in [5.74, 6) is -0.0568. The molecule has 0 spiro atoms. The van der Waals surface area contributed by atoms with Gasteiger partial charge in [-0.05, 0) is 19.4 Å². The molecule has 0 aromatic carbocycles. The number of nitrogens with one attached hydrogen (secondary N) is 2. The lowest BCUT2D eigenvalue weighted by Crippen LogP contribution is -2.49. The molecular formula is C9H16N2O2. The van der Waals surface area contributed by atoms with Gasteiger partial charge in [-0.15, -0.1) is 6.58 Å². The molecule has 4 nitrogen and oxygen atoms in total. The summed E-state index contributed by atoms with van der Waals surface area (Å²) in [4.78, 5) is 11.4. The van der Waals surface area contributed by atoms with Crippen LogP contribution in [0.3, 0.4) is 0 Å². The smallest absolute Gasteiger partial charge is 0.237 e. The topological polar surface area (TPSA) is 61.4 Å². The van der Waals surface area contributed by atoms with E-state index in [2.05, 4.69) is 17.2 Å². The molecular weight excluding hydrogens is 168 g/mol. The quantitative estimate of drug-likeness (QED) is 0.513. The summed E-state index contributed by atoms with van der Waals surface area (Å²) in [5, 5.41) is 15.1. The van der Waals surface area contributed by atoms with Gasteiger partial charge in [0.05, 0.1) is 12.1 Å². The molecule has 2 atom stereocenters. The van der Waals surface area contributed by atoms with Crippen molar-refractivity contribution in [1.82, 2.24) is 10.6 Å². The zero-order valence-corrected chi connectivity index (χ0v) is 7.62. The fourth-order valence-electron chi connectivity index (χ4n) is 1.39. The minimum absolute atomic E-state index is 0.0568. The van der Waals surface area contributed by atoms with Crippen molar-refractivity contribution in [3.8, 4) is 0 Å². The Kier molecular flexibility index (Phi) is 3.92. The summed E-state index contributed by atoms with van der Waals surface area (Å²) in [7, 11) is 0. The number of carbonyl (C=O) groups excluding carboxylic acids is 1. The molecule has 13 heavy (non-hydrogen) atoms. The van der Waals surface area contributed by atoms with Gasteiger partial charge in [-0.1, -0.05) is 6.08 Å². The van der Waals surface area contributed by atoms with Crippen LogP contribution >= 0.6 is 0 Å². The Balaban J connectivity index is 2.32. The normalized spacial score (nSPS) is 28.1.